The molecule has 1 aliphatic carbocycles. The summed E-state index contributed by atoms with van der Waals surface area (Å²) in [7, 11) is 3.11. The Morgan fingerprint density at radius 1 is 1.33 bits per heavy atom. The third-order valence-electron chi connectivity index (χ3n) is 3.70. The van der Waals surface area contributed by atoms with Crippen LogP contribution in [0.2, 0.25) is 0 Å². The normalized spacial score (nSPS) is 18.2. The molecule has 0 spiro atoms. The van der Waals surface area contributed by atoms with Gasteiger partial charge in [0.25, 0.3) is 5.56 Å². The van der Waals surface area contributed by atoms with Crippen LogP contribution in [0.4, 0.5) is 0 Å². The minimum absolute atomic E-state index is 0.312. The van der Waals surface area contributed by atoms with E-state index in [2.05, 4.69) is 33.1 Å². The first-order valence-corrected chi connectivity index (χ1v) is 7.51. The lowest BCUT2D eigenvalue weighted by Crippen LogP contribution is -2.37. The second-order valence-corrected chi connectivity index (χ2v) is 6.36. The summed E-state index contributed by atoms with van der Waals surface area (Å²) < 4.78 is 4.32. The Kier molecular flexibility index (Phi) is 3.44. The second kappa shape index (κ2) is 5.14. The van der Waals surface area contributed by atoms with E-state index in [1.807, 2.05) is 10.6 Å². The summed E-state index contributed by atoms with van der Waals surface area (Å²) in [5, 5.41) is 0. The third kappa shape index (κ3) is 2.31. The van der Waals surface area contributed by atoms with Crippen LogP contribution < -0.4 is 11.2 Å². The van der Waals surface area contributed by atoms with Gasteiger partial charge in [0.15, 0.2) is 11.2 Å². The number of aromatic nitrogens is 4. The summed E-state index contributed by atoms with van der Waals surface area (Å²) in [6, 6.07) is 0. The lowest BCUT2D eigenvalue weighted by molar-refractivity contribution is 0.698. The molecule has 2 aromatic heterocycles. The number of halogens is 1. The summed E-state index contributed by atoms with van der Waals surface area (Å²) in [6.07, 6.45) is 8.65. The topological polar surface area (TPSA) is 61.8 Å². The van der Waals surface area contributed by atoms with Crippen LogP contribution in [0.25, 0.3) is 11.2 Å². The predicted molar refractivity (Wildman–Crippen MR) is 84.8 cm³/mol. The van der Waals surface area contributed by atoms with Crippen LogP contribution >= 0.6 is 15.9 Å². The van der Waals surface area contributed by atoms with Crippen molar-refractivity contribution in [3.63, 3.8) is 0 Å². The van der Waals surface area contributed by atoms with Gasteiger partial charge < -0.3 is 4.57 Å². The Hall–Kier alpha value is -1.89. The number of hydrogen-bond acceptors (Lipinski definition) is 3. The minimum Gasteiger partial charge on any atom is -0.321 e. The molecule has 6 nitrogen and oxygen atoms in total. The summed E-state index contributed by atoms with van der Waals surface area (Å²) in [6.45, 7) is 0.594. The zero-order chi connectivity index (χ0) is 15.1. The molecule has 0 fully saturated rings. The van der Waals surface area contributed by atoms with E-state index in [0.717, 1.165) is 11.0 Å². The molecule has 0 saturated carbocycles. The average molecular weight is 351 g/mol. The standard InChI is InChI=1S/C14H15BrN4O2/c1-17-12-11(13(20)18(2)14(17)21)19(8-16-12)7-9-4-3-5-10(15)6-9/h3-5,8,10H,6-7H2,1-2H3. The van der Waals surface area contributed by atoms with Gasteiger partial charge in [-0.2, -0.15) is 0 Å². The van der Waals surface area contributed by atoms with Gasteiger partial charge >= 0.3 is 5.69 Å². The van der Waals surface area contributed by atoms with Gasteiger partial charge in [0.05, 0.1) is 6.33 Å². The molecular formula is C14H15BrN4O2. The van der Waals surface area contributed by atoms with Gasteiger partial charge in [0.2, 0.25) is 0 Å². The fourth-order valence-electron chi connectivity index (χ4n) is 2.55. The van der Waals surface area contributed by atoms with Crippen LogP contribution in [-0.4, -0.2) is 23.5 Å². The number of allylic oxidation sites excluding steroid dienone is 4. The number of nitrogens with zero attached hydrogens (tertiary/aromatic N) is 4. The van der Waals surface area contributed by atoms with Crippen LogP contribution in [0.3, 0.4) is 0 Å². The van der Waals surface area contributed by atoms with Gasteiger partial charge in [-0.25, -0.2) is 9.78 Å². The summed E-state index contributed by atoms with van der Waals surface area (Å²) in [4.78, 5) is 28.8. The molecule has 1 unspecified atom stereocenters. The zero-order valence-electron chi connectivity index (χ0n) is 11.8. The van der Waals surface area contributed by atoms with Gasteiger partial charge in [-0.05, 0) is 12.0 Å². The fourth-order valence-corrected chi connectivity index (χ4v) is 3.14. The number of fused-ring (bicyclic) bond motifs is 1. The SMILES string of the molecule is Cn1c(=O)c2c(ncn2CC2=CC=CC(Br)C2)n(C)c1=O. The maximum absolute atomic E-state index is 12.3. The van der Waals surface area contributed by atoms with E-state index < -0.39 is 0 Å². The molecule has 2 aromatic rings. The van der Waals surface area contributed by atoms with Crippen LogP contribution in [0.5, 0.6) is 0 Å². The van der Waals surface area contributed by atoms with E-state index in [9.17, 15) is 9.59 Å². The van der Waals surface area contributed by atoms with Crippen molar-refractivity contribution in [2.45, 2.75) is 17.8 Å². The smallest absolute Gasteiger partial charge is 0.321 e. The van der Waals surface area contributed by atoms with Crippen molar-refractivity contribution in [3.8, 4) is 0 Å². The van der Waals surface area contributed by atoms with Gasteiger partial charge in [-0.1, -0.05) is 34.2 Å². The monoisotopic (exact) mass is 350 g/mol. The number of rotatable bonds is 2. The lowest BCUT2D eigenvalue weighted by Gasteiger charge is -2.14. The summed E-state index contributed by atoms with van der Waals surface area (Å²) in [5.74, 6) is 0. The maximum atomic E-state index is 12.3. The first-order valence-electron chi connectivity index (χ1n) is 6.60. The van der Waals surface area contributed by atoms with Gasteiger partial charge in [-0.3, -0.25) is 13.9 Å². The number of imidazole rings is 1. The van der Waals surface area contributed by atoms with Gasteiger partial charge in [-0.15, -0.1) is 0 Å². The van der Waals surface area contributed by atoms with Crippen LogP contribution in [-0.2, 0) is 20.6 Å². The summed E-state index contributed by atoms with van der Waals surface area (Å²) >= 11 is 3.57. The summed E-state index contributed by atoms with van der Waals surface area (Å²) in [5.41, 5.74) is 1.41. The van der Waals surface area contributed by atoms with Crippen LogP contribution in [0.15, 0.2) is 39.7 Å². The molecule has 1 atom stereocenters. The number of alkyl halides is 1. The molecule has 110 valence electrons. The van der Waals surface area contributed by atoms with E-state index in [1.165, 1.54) is 17.2 Å². The Bertz CT molecular complexity index is 885. The molecular weight excluding hydrogens is 336 g/mol. The molecule has 3 rings (SSSR count). The zero-order valence-corrected chi connectivity index (χ0v) is 13.4. The molecule has 0 aromatic carbocycles. The minimum atomic E-state index is -0.363. The van der Waals surface area contributed by atoms with E-state index >= 15 is 0 Å². The molecule has 0 bridgehead atoms. The Morgan fingerprint density at radius 3 is 2.81 bits per heavy atom. The molecule has 21 heavy (non-hydrogen) atoms. The van der Waals surface area contributed by atoms with E-state index in [4.69, 9.17) is 0 Å². The van der Waals surface area contributed by atoms with Gasteiger partial charge in [0, 0.05) is 25.5 Å². The molecule has 0 saturated heterocycles. The molecule has 7 heteroatoms. The predicted octanol–water partition coefficient (Wildman–Crippen LogP) is 1.08. The van der Waals surface area contributed by atoms with Crippen molar-refractivity contribution in [2.75, 3.05) is 0 Å². The molecule has 0 aliphatic heterocycles. The van der Waals surface area contributed by atoms with Crippen LogP contribution in [0.1, 0.15) is 6.42 Å². The van der Waals surface area contributed by atoms with Crippen molar-refractivity contribution >= 4 is 27.1 Å². The highest BCUT2D eigenvalue weighted by atomic mass is 79.9. The largest absolute Gasteiger partial charge is 0.332 e. The molecule has 0 amide bonds. The average Bonchev–Trinajstić information content (AvgIpc) is 2.87. The van der Waals surface area contributed by atoms with Crippen molar-refractivity contribution in [1.29, 1.82) is 0 Å². The Labute approximate surface area is 129 Å². The third-order valence-corrected chi connectivity index (χ3v) is 4.33. The van der Waals surface area contributed by atoms with E-state index in [0.29, 0.717) is 22.5 Å². The molecule has 2 heterocycles. The maximum Gasteiger partial charge on any atom is 0.332 e. The Morgan fingerprint density at radius 2 is 2.10 bits per heavy atom. The molecule has 0 N–H and O–H groups in total. The van der Waals surface area contributed by atoms with Gasteiger partial charge in [0.1, 0.15) is 0 Å². The second-order valence-electron chi connectivity index (χ2n) is 5.18. The van der Waals surface area contributed by atoms with Crippen molar-refractivity contribution in [3.05, 3.63) is 51.0 Å². The lowest BCUT2D eigenvalue weighted by atomic mass is 10.1. The van der Waals surface area contributed by atoms with E-state index in [1.54, 1.807) is 13.4 Å². The highest BCUT2D eigenvalue weighted by Crippen LogP contribution is 2.21. The first-order chi connectivity index (χ1) is 9.99. The molecule has 1 aliphatic rings. The number of aryl methyl sites for hydroxylation is 1. The van der Waals surface area contributed by atoms with Crippen molar-refractivity contribution < 1.29 is 0 Å². The van der Waals surface area contributed by atoms with Crippen molar-refractivity contribution in [1.82, 2.24) is 18.7 Å². The molecule has 0 radical (unpaired) electrons. The van der Waals surface area contributed by atoms with Crippen LogP contribution in [0, 0.1) is 0 Å². The van der Waals surface area contributed by atoms with E-state index in [-0.39, 0.29) is 11.2 Å². The first kappa shape index (κ1) is 14.1. The quantitative estimate of drug-likeness (QED) is 0.761. The highest BCUT2D eigenvalue weighted by molar-refractivity contribution is 9.09. The van der Waals surface area contributed by atoms with Crippen molar-refractivity contribution in [2.24, 2.45) is 14.1 Å². The highest BCUT2D eigenvalue weighted by Gasteiger charge is 2.16. The Balaban J connectivity index is 2.13. The fraction of sp³-hybridized carbons (Fsp3) is 0.357. The number of hydrogen-bond donors (Lipinski definition) is 0.